The molecular formula is C22H25N3O6S. The van der Waals surface area contributed by atoms with Crippen LogP contribution in [0.4, 0.5) is 0 Å². The van der Waals surface area contributed by atoms with Crippen molar-refractivity contribution in [3.05, 3.63) is 46.9 Å². The molecule has 2 N–H and O–H groups in total. The van der Waals surface area contributed by atoms with Crippen molar-refractivity contribution in [2.75, 3.05) is 13.7 Å². The molecule has 1 aliphatic rings. The Morgan fingerprint density at radius 1 is 1.12 bits per heavy atom. The van der Waals surface area contributed by atoms with Crippen LogP contribution in [0, 0.1) is 4.91 Å². The van der Waals surface area contributed by atoms with E-state index < -0.39 is 40.5 Å². The van der Waals surface area contributed by atoms with E-state index in [0.29, 0.717) is 11.9 Å². The van der Waals surface area contributed by atoms with Crippen molar-refractivity contribution in [3.8, 4) is 5.75 Å². The van der Waals surface area contributed by atoms with Crippen LogP contribution in [-0.4, -0.2) is 48.3 Å². The average molecular weight is 460 g/mol. The van der Waals surface area contributed by atoms with Crippen molar-refractivity contribution in [1.29, 1.82) is 0 Å². The number of hydrogen-bond donors (Lipinski definition) is 2. The molecule has 3 rings (SSSR count). The third kappa shape index (κ3) is 5.01. The Balaban J connectivity index is 1.62. The first-order valence-electron chi connectivity index (χ1n) is 10.0. The third-order valence-electron chi connectivity index (χ3n) is 5.47. The lowest BCUT2D eigenvalue weighted by Crippen LogP contribution is -2.67. The van der Waals surface area contributed by atoms with Crippen molar-refractivity contribution in [1.82, 2.24) is 10.6 Å². The Bertz CT molecular complexity index is 1060. The van der Waals surface area contributed by atoms with Gasteiger partial charge in [-0.3, -0.25) is 14.4 Å². The number of carbonyl (C=O) groups is 3. The zero-order valence-electron chi connectivity index (χ0n) is 18.2. The zero-order valence-corrected chi connectivity index (χ0v) is 19.0. The molecule has 9 nitrogen and oxygen atoms in total. The van der Waals surface area contributed by atoms with Crippen molar-refractivity contribution in [3.63, 3.8) is 0 Å². The van der Waals surface area contributed by atoms with E-state index in [1.54, 1.807) is 27.9 Å². The van der Waals surface area contributed by atoms with Crippen molar-refractivity contribution < 1.29 is 23.9 Å². The minimum Gasteiger partial charge on any atom is -0.497 e. The molecule has 2 aromatic rings. The van der Waals surface area contributed by atoms with E-state index in [-0.39, 0.29) is 6.61 Å². The standard InChI is InChI=1S/C22H25N3O6S/c1-12(13-5-6-15-10-16(30-4)8-7-14(15)9-13)21(28)31-11-17-19(26)24-18(20(27)23-17)22(2,3)32-25-29/h5-10,12,17-18H,11H2,1-4H3,(H,23,27)(H,24,26)/t12-,17-,18-/m0/s1. The zero-order chi connectivity index (χ0) is 23.5. The molecule has 1 saturated heterocycles. The fourth-order valence-electron chi connectivity index (χ4n) is 3.45. The molecule has 2 amide bonds. The van der Waals surface area contributed by atoms with Gasteiger partial charge < -0.3 is 20.1 Å². The Hall–Kier alpha value is -3.14. The number of carbonyl (C=O) groups excluding carboxylic acids is 3. The van der Waals surface area contributed by atoms with E-state index in [9.17, 15) is 19.3 Å². The van der Waals surface area contributed by atoms with E-state index in [2.05, 4.69) is 15.2 Å². The van der Waals surface area contributed by atoms with Gasteiger partial charge in [-0.1, -0.05) is 24.3 Å². The van der Waals surface area contributed by atoms with Crippen LogP contribution >= 0.6 is 11.9 Å². The highest BCUT2D eigenvalue weighted by Crippen LogP contribution is 2.30. The predicted octanol–water partition coefficient (Wildman–Crippen LogP) is 2.67. The van der Waals surface area contributed by atoms with Gasteiger partial charge in [0.1, 0.15) is 24.4 Å². The molecule has 0 bridgehead atoms. The normalized spacial score (nSPS) is 19.6. The molecule has 1 fully saturated rings. The first-order chi connectivity index (χ1) is 15.2. The molecule has 0 spiro atoms. The molecule has 170 valence electrons. The van der Waals surface area contributed by atoms with Gasteiger partial charge in [-0.2, -0.15) is 0 Å². The van der Waals surface area contributed by atoms with Gasteiger partial charge in [-0.05, 0) is 49.2 Å². The maximum Gasteiger partial charge on any atom is 0.313 e. The number of benzene rings is 2. The number of nitrogens with one attached hydrogen (secondary N) is 2. The summed E-state index contributed by atoms with van der Waals surface area (Å²) in [5, 5.41) is 7.07. The van der Waals surface area contributed by atoms with Gasteiger partial charge in [0, 0.05) is 16.5 Å². The van der Waals surface area contributed by atoms with E-state index in [0.717, 1.165) is 22.1 Å². The second kappa shape index (κ2) is 9.56. The molecule has 0 aliphatic carbocycles. The molecule has 0 saturated carbocycles. The highest BCUT2D eigenvalue weighted by molar-refractivity contribution is 7.99. The Labute approximate surface area is 189 Å². The summed E-state index contributed by atoms with van der Waals surface area (Å²) in [6, 6.07) is 9.37. The number of hydrogen-bond acceptors (Lipinski definition) is 8. The minimum absolute atomic E-state index is 0.294. The first-order valence-corrected chi connectivity index (χ1v) is 10.8. The number of nitrogens with zero attached hydrogens (tertiary/aromatic N) is 1. The molecular weight excluding hydrogens is 434 g/mol. The van der Waals surface area contributed by atoms with Gasteiger partial charge in [-0.15, -0.1) is 4.91 Å². The maximum absolute atomic E-state index is 12.6. The molecule has 0 aromatic heterocycles. The Kier molecular flexibility index (Phi) is 7.02. The molecule has 0 unspecified atom stereocenters. The molecule has 1 heterocycles. The van der Waals surface area contributed by atoms with Gasteiger partial charge in [0.25, 0.3) is 0 Å². The lowest BCUT2D eigenvalue weighted by molar-refractivity contribution is -0.149. The number of nitroso groups, excluding NO2 is 1. The lowest BCUT2D eigenvalue weighted by atomic mass is 9.97. The van der Waals surface area contributed by atoms with Crippen LogP contribution < -0.4 is 15.4 Å². The number of rotatable bonds is 8. The van der Waals surface area contributed by atoms with Crippen LogP contribution in [-0.2, 0) is 19.1 Å². The van der Waals surface area contributed by atoms with Crippen LogP contribution in [0.3, 0.4) is 0 Å². The average Bonchev–Trinajstić information content (AvgIpc) is 2.77. The van der Waals surface area contributed by atoms with Gasteiger partial charge in [-0.25, -0.2) is 0 Å². The smallest absolute Gasteiger partial charge is 0.313 e. The monoisotopic (exact) mass is 459 g/mol. The molecule has 3 atom stereocenters. The van der Waals surface area contributed by atoms with E-state index in [1.807, 2.05) is 36.4 Å². The number of fused-ring (bicyclic) bond motifs is 1. The summed E-state index contributed by atoms with van der Waals surface area (Å²) < 4.78 is 12.4. The minimum atomic E-state index is -1.01. The quantitative estimate of drug-likeness (QED) is 0.353. The van der Waals surface area contributed by atoms with Gasteiger partial charge in [0.15, 0.2) is 0 Å². The molecule has 32 heavy (non-hydrogen) atoms. The summed E-state index contributed by atoms with van der Waals surface area (Å²) in [4.78, 5) is 48.0. The van der Waals surface area contributed by atoms with Gasteiger partial charge in [0.2, 0.25) is 11.8 Å². The lowest BCUT2D eigenvalue weighted by Gasteiger charge is -2.36. The predicted molar refractivity (Wildman–Crippen MR) is 121 cm³/mol. The maximum atomic E-state index is 12.6. The fourth-order valence-corrected chi connectivity index (χ4v) is 3.91. The number of methoxy groups -OCH3 is 1. The Morgan fingerprint density at radius 3 is 2.50 bits per heavy atom. The Morgan fingerprint density at radius 2 is 1.81 bits per heavy atom. The van der Waals surface area contributed by atoms with E-state index in [1.165, 1.54) is 0 Å². The van der Waals surface area contributed by atoms with Crippen molar-refractivity contribution in [2.45, 2.75) is 43.5 Å². The van der Waals surface area contributed by atoms with Crippen LogP contribution in [0.2, 0.25) is 0 Å². The van der Waals surface area contributed by atoms with Crippen LogP contribution in [0.25, 0.3) is 10.8 Å². The largest absolute Gasteiger partial charge is 0.497 e. The number of piperazine rings is 1. The highest BCUT2D eigenvalue weighted by Gasteiger charge is 2.44. The second-order valence-corrected chi connectivity index (χ2v) is 9.48. The summed E-state index contributed by atoms with van der Waals surface area (Å²) >= 11 is 0.671. The van der Waals surface area contributed by atoms with Crippen molar-refractivity contribution in [2.24, 2.45) is 4.58 Å². The second-order valence-electron chi connectivity index (χ2n) is 8.10. The SMILES string of the molecule is COc1ccc2cc([C@H](C)C(=O)OC[C@@H]3NC(=O)[C@@H](C(C)(C)SN=O)NC3=O)ccc2c1. The van der Waals surface area contributed by atoms with Crippen LogP contribution in [0.15, 0.2) is 41.0 Å². The van der Waals surface area contributed by atoms with Crippen LogP contribution in [0.5, 0.6) is 5.75 Å². The summed E-state index contributed by atoms with van der Waals surface area (Å²) in [5.74, 6) is -1.29. The topological polar surface area (TPSA) is 123 Å². The summed E-state index contributed by atoms with van der Waals surface area (Å²) in [6.07, 6.45) is 0. The van der Waals surface area contributed by atoms with Gasteiger partial charge in [0.05, 0.1) is 17.8 Å². The molecule has 10 heteroatoms. The van der Waals surface area contributed by atoms with Crippen molar-refractivity contribution >= 4 is 40.5 Å². The van der Waals surface area contributed by atoms with Crippen LogP contribution in [0.1, 0.15) is 32.3 Å². The number of esters is 1. The summed E-state index contributed by atoms with van der Waals surface area (Å²) in [7, 11) is 1.60. The van der Waals surface area contributed by atoms with E-state index in [4.69, 9.17) is 9.47 Å². The third-order valence-corrected chi connectivity index (χ3v) is 6.25. The molecule has 1 aliphatic heterocycles. The molecule has 2 aromatic carbocycles. The van der Waals surface area contributed by atoms with E-state index >= 15 is 0 Å². The highest BCUT2D eigenvalue weighted by atomic mass is 32.2. The van der Waals surface area contributed by atoms with Gasteiger partial charge >= 0.3 is 5.97 Å². The fraction of sp³-hybridized carbons (Fsp3) is 0.409. The number of ether oxygens (including phenoxy) is 2. The first kappa shape index (κ1) is 23.5. The molecule has 0 radical (unpaired) electrons. The summed E-state index contributed by atoms with van der Waals surface area (Å²) in [5.41, 5.74) is 0.769. The summed E-state index contributed by atoms with van der Waals surface area (Å²) in [6.45, 7) is 4.68. The number of amides is 2.